The molecule has 0 heterocycles. The summed E-state index contributed by atoms with van der Waals surface area (Å²) < 4.78 is 26.3. The Balaban J connectivity index is 2.79. The highest BCUT2D eigenvalue weighted by atomic mass is 32.2. The lowest BCUT2D eigenvalue weighted by molar-refractivity contribution is 0.0702. The second kappa shape index (κ2) is 6.29. The van der Waals surface area contributed by atoms with Crippen LogP contribution in [-0.2, 0) is 14.9 Å². The van der Waals surface area contributed by atoms with E-state index in [0.717, 1.165) is 5.56 Å². The van der Waals surface area contributed by atoms with Crippen LogP contribution < -0.4 is 10.6 Å². The summed E-state index contributed by atoms with van der Waals surface area (Å²) in [5.74, 6) is 5.33. The summed E-state index contributed by atoms with van der Waals surface area (Å²) in [6.07, 6.45) is -0.366. The van der Waals surface area contributed by atoms with Crippen LogP contribution in [0.25, 0.3) is 0 Å². The van der Waals surface area contributed by atoms with Crippen molar-refractivity contribution in [3.63, 3.8) is 0 Å². The molecule has 6 heteroatoms. The van der Waals surface area contributed by atoms with Gasteiger partial charge in [0.15, 0.2) is 0 Å². The maximum atomic E-state index is 11.9. The van der Waals surface area contributed by atoms with Crippen LogP contribution in [0.15, 0.2) is 29.2 Å². The molecule has 1 atom stereocenters. The molecule has 3 N–H and O–H groups in total. The number of benzene rings is 1. The zero-order valence-electron chi connectivity index (χ0n) is 10.9. The highest BCUT2D eigenvalue weighted by Crippen LogP contribution is 2.17. The van der Waals surface area contributed by atoms with Crippen LogP contribution in [0.3, 0.4) is 0 Å². The van der Waals surface area contributed by atoms with Gasteiger partial charge < -0.3 is 4.84 Å². The van der Waals surface area contributed by atoms with Gasteiger partial charge in [0.25, 0.3) is 0 Å². The van der Waals surface area contributed by atoms with Gasteiger partial charge in [-0.25, -0.2) is 19.0 Å². The largest absolute Gasteiger partial charge is 0.300 e. The van der Waals surface area contributed by atoms with Crippen LogP contribution in [0.2, 0.25) is 0 Å². The summed E-state index contributed by atoms with van der Waals surface area (Å²) in [6, 6.07) is 6.85. The van der Waals surface area contributed by atoms with Crippen molar-refractivity contribution >= 4 is 10.0 Å². The quantitative estimate of drug-likeness (QED) is 0.766. The van der Waals surface area contributed by atoms with Gasteiger partial charge >= 0.3 is 0 Å². The molecule has 5 nitrogen and oxygen atoms in total. The van der Waals surface area contributed by atoms with Crippen LogP contribution in [-0.4, -0.2) is 21.1 Å². The van der Waals surface area contributed by atoms with Crippen LogP contribution in [0.1, 0.15) is 32.3 Å². The number of sulfonamides is 1. The van der Waals surface area contributed by atoms with Crippen molar-refractivity contribution in [2.24, 2.45) is 5.90 Å². The first-order chi connectivity index (χ1) is 8.36. The smallest absolute Gasteiger partial charge is 0.240 e. The summed E-state index contributed by atoms with van der Waals surface area (Å²) >= 11 is 0. The van der Waals surface area contributed by atoms with Gasteiger partial charge in [-0.1, -0.05) is 26.0 Å². The Morgan fingerprint density at radius 1 is 1.22 bits per heavy atom. The zero-order valence-corrected chi connectivity index (χ0v) is 11.7. The number of nitrogens with two attached hydrogens (primary N) is 1. The van der Waals surface area contributed by atoms with Crippen molar-refractivity contribution in [3.05, 3.63) is 29.8 Å². The molecule has 102 valence electrons. The van der Waals surface area contributed by atoms with E-state index in [4.69, 9.17) is 5.90 Å². The van der Waals surface area contributed by atoms with Crippen molar-refractivity contribution in [1.82, 2.24) is 4.72 Å². The Morgan fingerprint density at radius 3 is 2.22 bits per heavy atom. The molecule has 0 aliphatic carbocycles. The predicted molar refractivity (Wildman–Crippen MR) is 70.5 cm³/mol. The lowest BCUT2D eigenvalue weighted by Gasteiger charge is -2.11. The number of nitrogens with one attached hydrogen (secondary N) is 1. The number of hydrogen-bond acceptors (Lipinski definition) is 4. The average Bonchev–Trinajstić information content (AvgIpc) is 2.36. The lowest BCUT2D eigenvalue weighted by atomic mass is 10.0. The SMILES string of the molecule is CC(CNS(=O)(=O)c1ccc(C(C)C)cc1)ON. The van der Waals surface area contributed by atoms with Gasteiger partial charge in [0, 0.05) is 6.54 Å². The lowest BCUT2D eigenvalue weighted by Crippen LogP contribution is -2.33. The maximum Gasteiger partial charge on any atom is 0.240 e. The van der Waals surface area contributed by atoms with Gasteiger partial charge in [0.2, 0.25) is 10.0 Å². The van der Waals surface area contributed by atoms with Crippen molar-refractivity contribution in [2.45, 2.75) is 37.7 Å². The minimum atomic E-state index is -3.49. The van der Waals surface area contributed by atoms with E-state index in [-0.39, 0.29) is 17.5 Å². The van der Waals surface area contributed by atoms with Gasteiger partial charge in [-0.2, -0.15) is 0 Å². The molecular formula is C12H20N2O3S. The van der Waals surface area contributed by atoms with Crippen molar-refractivity contribution in [2.75, 3.05) is 6.54 Å². The molecule has 0 fully saturated rings. The van der Waals surface area contributed by atoms with Crippen molar-refractivity contribution in [1.29, 1.82) is 0 Å². The standard InChI is InChI=1S/C12H20N2O3S/c1-9(2)11-4-6-12(7-5-11)18(15,16)14-8-10(3)17-13/h4-7,9-10,14H,8,13H2,1-3H3. The predicted octanol–water partition coefficient (Wildman–Crippen LogP) is 1.37. The molecule has 0 radical (unpaired) electrons. The van der Waals surface area contributed by atoms with Gasteiger partial charge in [-0.05, 0) is 30.5 Å². The van der Waals surface area contributed by atoms with E-state index >= 15 is 0 Å². The van der Waals surface area contributed by atoms with Gasteiger partial charge in [0.1, 0.15) is 0 Å². The van der Waals surface area contributed by atoms with Crippen LogP contribution in [0, 0.1) is 0 Å². The molecule has 1 aromatic rings. The summed E-state index contributed by atoms with van der Waals surface area (Å²) in [5, 5.41) is 0. The summed E-state index contributed by atoms with van der Waals surface area (Å²) in [4.78, 5) is 4.75. The third-order valence-corrected chi connectivity index (χ3v) is 4.09. The Hall–Kier alpha value is -0.950. The Morgan fingerprint density at radius 2 is 1.78 bits per heavy atom. The molecule has 0 saturated carbocycles. The fourth-order valence-electron chi connectivity index (χ4n) is 1.39. The van der Waals surface area contributed by atoms with E-state index in [9.17, 15) is 8.42 Å². The second-order valence-electron chi connectivity index (χ2n) is 4.52. The van der Waals surface area contributed by atoms with Gasteiger partial charge in [0.05, 0.1) is 11.0 Å². The second-order valence-corrected chi connectivity index (χ2v) is 6.29. The number of rotatable bonds is 6. The normalized spacial score (nSPS) is 13.8. The highest BCUT2D eigenvalue weighted by Gasteiger charge is 2.15. The zero-order chi connectivity index (χ0) is 13.8. The van der Waals surface area contributed by atoms with E-state index in [1.165, 1.54) is 0 Å². The number of hydrogen-bond donors (Lipinski definition) is 2. The molecule has 0 spiro atoms. The maximum absolute atomic E-state index is 11.9. The fraction of sp³-hybridized carbons (Fsp3) is 0.500. The van der Waals surface area contributed by atoms with Crippen LogP contribution in [0.4, 0.5) is 0 Å². The molecule has 18 heavy (non-hydrogen) atoms. The first kappa shape index (κ1) is 15.1. The van der Waals surface area contributed by atoms with E-state index in [2.05, 4.69) is 23.4 Å². The minimum absolute atomic E-state index is 0.144. The average molecular weight is 272 g/mol. The minimum Gasteiger partial charge on any atom is -0.300 e. The Bertz CT molecular complexity index is 469. The van der Waals surface area contributed by atoms with E-state index < -0.39 is 10.0 Å². The van der Waals surface area contributed by atoms with Crippen molar-refractivity contribution in [3.8, 4) is 0 Å². The van der Waals surface area contributed by atoms with Gasteiger partial charge in [-0.3, -0.25) is 0 Å². The molecule has 1 unspecified atom stereocenters. The topological polar surface area (TPSA) is 81.4 Å². The molecule has 0 amide bonds. The van der Waals surface area contributed by atoms with Gasteiger partial charge in [-0.15, -0.1) is 0 Å². The highest BCUT2D eigenvalue weighted by molar-refractivity contribution is 7.89. The molecule has 0 aliphatic heterocycles. The third kappa shape index (κ3) is 4.06. The Labute approximate surface area is 108 Å². The fourth-order valence-corrected chi connectivity index (χ4v) is 2.51. The molecule has 0 aliphatic rings. The summed E-state index contributed by atoms with van der Waals surface area (Å²) in [7, 11) is -3.49. The summed E-state index contributed by atoms with van der Waals surface area (Å²) in [5.41, 5.74) is 1.10. The molecule has 0 saturated heterocycles. The van der Waals surface area contributed by atoms with Crippen molar-refractivity contribution < 1.29 is 13.3 Å². The van der Waals surface area contributed by atoms with E-state index in [1.54, 1.807) is 19.1 Å². The molecule has 1 rings (SSSR count). The van der Waals surface area contributed by atoms with E-state index in [0.29, 0.717) is 5.92 Å². The molecular weight excluding hydrogens is 252 g/mol. The first-order valence-corrected chi connectivity index (χ1v) is 7.30. The van der Waals surface area contributed by atoms with E-state index in [1.807, 2.05) is 12.1 Å². The molecule has 0 aromatic heterocycles. The van der Waals surface area contributed by atoms with Crippen LogP contribution >= 0.6 is 0 Å². The monoisotopic (exact) mass is 272 g/mol. The first-order valence-electron chi connectivity index (χ1n) is 5.82. The summed E-state index contributed by atoms with van der Waals surface area (Å²) in [6.45, 7) is 5.94. The molecule has 0 bridgehead atoms. The third-order valence-electron chi connectivity index (χ3n) is 2.65. The van der Waals surface area contributed by atoms with Crippen LogP contribution in [0.5, 0.6) is 0 Å². The Kier molecular flexibility index (Phi) is 5.28. The molecule has 1 aromatic carbocycles.